The lowest BCUT2D eigenvalue weighted by Gasteiger charge is -2.39. The maximum absolute atomic E-state index is 13.6. The van der Waals surface area contributed by atoms with Gasteiger partial charge in [-0.2, -0.15) is 0 Å². The fourth-order valence-corrected chi connectivity index (χ4v) is 4.31. The van der Waals surface area contributed by atoms with Gasteiger partial charge in [-0.05, 0) is 32.3 Å². The molecule has 0 aliphatic carbocycles. The van der Waals surface area contributed by atoms with Crippen LogP contribution in [0.25, 0.3) is 0 Å². The molecular weight excluding hydrogens is 532 g/mol. The van der Waals surface area contributed by atoms with Crippen LogP contribution >= 0.6 is 0 Å². The minimum absolute atomic E-state index is 0.0242. The average Bonchev–Trinajstić information content (AvgIpc) is 2.88. The van der Waals surface area contributed by atoms with E-state index in [2.05, 4.69) is 21.3 Å². The lowest BCUT2D eigenvalue weighted by Crippen LogP contribution is -2.66. The van der Waals surface area contributed by atoms with E-state index in [1.807, 2.05) is 34.6 Å². The van der Waals surface area contributed by atoms with Crippen molar-refractivity contribution >= 4 is 35.5 Å². The van der Waals surface area contributed by atoms with E-state index in [4.69, 9.17) is 10.8 Å². The highest BCUT2D eigenvalue weighted by atomic mass is 16.4. The summed E-state index contributed by atoms with van der Waals surface area (Å²) in [5.74, 6) is -4.29. The van der Waals surface area contributed by atoms with E-state index in [-0.39, 0.29) is 24.9 Å². The predicted octanol–water partition coefficient (Wildman–Crippen LogP) is -0.364. The van der Waals surface area contributed by atoms with Crippen LogP contribution in [0.1, 0.15) is 59.4 Å². The van der Waals surface area contributed by atoms with Gasteiger partial charge >= 0.3 is 5.97 Å². The summed E-state index contributed by atoms with van der Waals surface area (Å²) in [4.78, 5) is 77.1. The number of carbonyl (C=O) groups is 6. The summed E-state index contributed by atoms with van der Waals surface area (Å²) >= 11 is 0. The number of benzene rings is 1. The van der Waals surface area contributed by atoms with Gasteiger partial charge in [0.2, 0.25) is 29.5 Å². The maximum atomic E-state index is 13.6. The van der Waals surface area contributed by atoms with Crippen LogP contribution in [0, 0.1) is 5.92 Å². The van der Waals surface area contributed by atoms with Crippen molar-refractivity contribution in [3.63, 3.8) is 0 Å². The Morgan fingerprint density at radius 3 is 2.29 bits per heavy atom. The highest BCUT2D eigenvalue weighted by Crippen LogP contribution is 2.17. The zero-order chi connectivity index (χ0) is 30.9. The molecule has 5 amide bonds. The number of hydrogen-bond acceptors (Lipinski definition) is 7. The van der Waals surface area contributed by atoms with E-state index < -0.39 is 72.1 Å². The van der Waals surface area contributed by atoms with Gasteiger partial charge in [-0.3, -0.25) is 28.8 Å². The smallest absolute Gasteiger partial charge is 0.305 e. The second-order valence-electron chi connectivity index (χ2n) is 11.4. The van der Waals surface area contributed by atoms with Gasteiger partial charge in [0.1, 0.15) is 18.1 Å². The number of nitrogens with two attached hydrogens (primary N) is 1. The summed E-state index contributed by atoms with van der Waals surface area (Å²) in [7, 11) is 0. The molecule has 5 atom stereocenters. The Hall–Kier alpha value is -4.00. The van der Waals surface area contributed by atoms with E-state index in [9.17, 15) is 28.8 Å². The van der Waals surface area contributed by atoms with Crippen LogP contribution in [0.4, 0.5) is 0 Å². The Morgan fingerprint density at radius 1 is 1.10 bits per heavy atom. The number of amides is 5. The average molecular weight is 575 g/mol. The van der Waals surface area contributed by atoms with Crippen molar-refractivity contribution in [2.24, 2.45) is 11.7 Å². The van der Waals surface area contributed by atoms with E-state index in [0.717, 1.165) is 0 Å². The van der Waals surface area contributed by atoms with Crippen LogP contribution in [-0.2, 0) is 35.3 Å². The lowest BCUT2D eigenvalue weighted by atomic mass is 9.96. The molecule has 0 aromatic heterocycles. The first-order valence-corrected chi connectivity index (χ1v) is 13.6. The summed E-state index contributed by atoms with van der Waals surface area (Å²) in [5.41, 5.74) is 5.81. The van der Waals surface area contributed by atoms with Gasteiger partial charge in [-0.15, -0.1) is 0 Å². The minimum atomic E-state index is -1.33. The van der Waals surface area contributed by atoms with Crippen molar-refractivity contribution in [3.05, 3.63) is 35.9 Å². The molecule has 0 bridgehead atoms. The number of carboxylic acids is 1. The molecule has 1 aliphatic rings. The number of aliphatic carboxylic acids is 1. The predicted molar refractivity (Wildman–Crippen MR) is 150 cm³/mol. The summed E-state index contributed by atoms with van der Waals surface area (Å²) < 4.78 is 0. The molecule has 2 rings (SSSR count). The van der Waals surface area contributed by atoms with Crippen LogP contribution in [0.5, 0.6) is 0 Å². The molecule has 0 radical (unpaired) electrons. The zero-order valence-electron chi connectivity index (χ0n) is 24.2. The van der Waals surface area contributed by atoms with Crippen molar-refractivity contribution < 1.29 is 33.9 Å². The molecule has 1 aromatic carbocycles. The third-order valence-corrected chi connectivity index (χ3v) is 6.67. The number of carboxylic acid groups (broad SMARTS) is 1. The molecule has 1 heterocycles. The van der Waals surface area contributed by atoms with E-state index in [1.165, 1.54) is 4.90 Å². The van der Waals surface area contributed by atoms with Gasteiger partial charge in [0.05, 0.1) is 18.9 Å². The van der Waals surface area contributed by atoms with Crippen molar-refractivity contribution in [1.82, 2.24) is 26.2 Å². The highest BCUT2D eigenvalue weighted by molar-refractivity contribution is 6.00. The molecule has 13 heteroatoms. The largest absolute Gasteiger partial charge is 0.481 e. The quantitative estimate of drug-likeness (QED) is 0.183. The summed E-state index contributed by atoms with van der Waals surface area (Å²) in [5, 5.41) is 19.5. The Balaban J connectivity index is 2.20. The fourth-order valence-electron chi connectivity index (χ4n) is 4.31. The first-order chi connectivity index (χ1) is 19.1. The van der Waals surface area contributed by atoms with Crippen LogP contribution < -0.4 is 27.0 Å². The molecule has 0 saturated carbocycles. The summed E-state index contributed by atoms with van der Waals surface area (Å²) in [6, 6.07) is 4.38. The third-order valence-electron chi connectivity index (χ3n) is 6.67. The lowest BCUT2D eigenvalue weighted by molar-refractivity contribution is -0.151. The van der Waals surface area contributed by atoms with Gasteiger partial charge in [0.15, 0.2) is 0 Å². The minimum Gasteiger partial charge on any atom is -0.481 e. The third kappa shape index (κ3) is 10.2. The van der Waals surface area contributed by atoms with Crippen LogP contribution in [0.3, 0.4) is 0 Å². The van der Waals surface area contributed by atoms with Gasteiger partial charge in [0.25, 0.3) is 0 Å². The van der Waals surface area contributed by atoms with E-state index in [1.54, 1.807) is 30.3 Å². The molecule has 1 fully saturated rings. The van der Waals surface area contributed by atoms with Gasteiger partial charge in [-0.1, -0.05) is 50.6 Å². The summed E-state index contributed by atoms with van der Waals surface area (Å²) in [6.07, 6.45) is -0.373. The SMILES string of the molecule is CCC(C)[C@H](NC(=O)C[C@@H]1NC(=O)[C@H](CNC(=O)[C@@H](N)CC(=O)O)N(Cc2ccccc2)C1=O)C(=O)NC(C)(C)C. The Morgan fingerprint density at radius 2 is 1.73 bits per heavy atom. The first kappa shape index (κ1) is 33.2. The molecule has 1 saturated heterocycles. The molecule has 1 unspecified atom stereocenters. The second-order valence-corrected chi connectivity index (χ2v) is 11.4. The molecular formula is C28H42N6O7. The maximum Gasteiger partial charge on any atom is 0.305 e. The van der Waals surface area contributed by atoms with Crippen molar-refractivity contribution in [3.8, 4) is 0 Å². The van der Waals surface area contributed by atoms with Gasteiger partial charge in [0, 0.05) is 18.6 Å². The fraction of sp³-hybridized carbons (Fsp3) is 0.571. The zero-order valence-corrected chi connectivity index (χ0v) is 24.2. The normalized spacial score (nSPS) is 19.4. The Kier molecular flexibility index (Phi) is 11.8. The molecule has 7 N–H and O–H groups in total. The highest BCUT2D eigenvalue weighted by Gasteiger charge is 2.42. The molecule has 41 heavy (non-hydrogen) atoms. The van der Waals surface area contributed by atoms with Crippen molar-refractivity contribution in [2.45, 2.75) is 90.1 Å². The molecule has 1 aromatic rings. The van der Waals surface area contributed by atoms with Crippen LogP contribution in [0.15, 0.2) is 30.3 Å². The van der Waals surface area contributed by atoms with Crippen molar-refractivity contribution in [1.29, 1.82) is 0 Å². The van der Waals surface area contributed by atoms with Crippen LogP contribution in [-0.4, -0.2) is 81.8 Å². The number of piperazine rings is 1. The first-order valence-electron chi connectivity index (χ1n) is 13.6. The van der Waals surface area contributed by atoms with E-state index >= 15 is 0 Å². The van der Waals surface area contributed by atoms with Gasteiger partial charge < -0.3 is 37.0 Å². The van der Waals surface area contributed by atoms with Crippen LogP contribution in [0.2, 0.25) is 0 Å². The molecule has 0 spiro atoms. The monoisotopic (exact) mass is 574 g/mol. The second kappa shape index (κ2) is 14.6. The number of nitrogens with one attached hydrogen (secondary N) is 4. The molecule has 1 aliphatic heterocycles. The Labute approximate surface area is 240 Å². The Bertz CT molecular complexity index is 1120. The van der Waals surface area contributed by atoms with Crippen molar-refractivity contribution in [2.75, 3.05) is 6.54 Å². The standard InChI is InChI=1S/C28H42N6O7/c1-6-16(2)23(26(40)33-28(3,4)5)32-21(35)13-19-27(41)34(15-17-10-8-7-9-11-17)20(25(39)31-19)14-30-24(38)18(29)12-22(36)37/h7-11,16,18-20,23H,6,12-15,29H2,1-5H3,(H,30,38)(H,31,39)(H,32,35)(H,33,40)(H,36,37)/t16?,18-,19-,20-,23-/m0/s1. The molecule has 226 valence electrons. The number of carbonyl (C=O) groups excluding carboxylic acids is 5. The topological polar surface area (TPSA) is 200 Å². The number of hydrogen-bond donors (Lipinski definition) is 6. The summed E-state index contributed by atoms with van der Waals surface area (Å²) in [6.45, 7) is 8.94. The molecule has 13 nitrogen and oxygen atoms in total. The number of rotatable bonds is 13. The van der Waals surface area contributed by atoms with E-state index in [0.29, 0.717) is 12.0 Å². The number of nitrogens with zero attached hydrogens (tertiary/aromatic N) is 1. The van der Waals surface area contributed by atoms with Gasteiger partial charge in [-0.25, -0.2) is 0 Å².